The molecular weight excluding hydrogens is 440 g/mol. The van der Waals surface area contributed by atoms with Gasteiger partial charge in [-0.2, -0.15) is 11.8 Å². The van der Waals surface area contributed by atoms with E-state index in [0.29, 0.717) is 26.1 Å². The predicted molar refractivity (Wildman–Crippen MR) is 141 cm³/mol. The van der Waals surface area contributed by atoms with Crippen LogP contribution in [-0.2, 0) is 17.1 Å². The van der Waals surface area contributed by atoms with Crippen LogP contribution in [0.2, 0.25) is 0 Å². The molecule has 1 aliphatic rings. The molecule has 174 valence electrons. The van der Waals surface area contributed by atoms with Gasteiger partial charge >= 0.3 is 0 Å². The molecule has 1 heterocycles. The number of ether oxygens (including phenoxy) is 2. The van der Waals surface area contributed by atoms with E-state index in [9.17, 15) is 5.11 Å². The number of hydrogen-bond donors (Lipinski definition) is 1. The Morgan fingerprint density at radius 2 is 1.82 bits per heavy atom. The molecule has 0 saturated carbocycles. The molecule has 1 N–H and O–H groups in total. The average molecular weight is 471 g/mol. The van der Waals surface area contributed by atoms with Crippen LogP contribution in [0.1, 0.15) is 35.6 Å². The van der Waals surface area contributed by atoms with Crippen LogP contribution in [0.3, 0.4) is 0 Å². The van der Waals surface area contributed by atoms with Crippen LogP contribution < -0.4 is 4.74 Å². The number of rotatable bonds is 7. The van der Waals surface area contributed by atoms with Crippen molar-refractivity contribution < 1.29 is 14.6 Å². The van der Waals surface area contributed by atoms with Gasteiger partial charge in [-0.3, -0.25) is 0 Å². The summed E-state index contributed by atoms with van der Waals surface area (Å²) in [6.45, 7) is 1.10. The van der Waals surface area contributed by atoms with Crippen LogP contribution in [0.25, 0.3) is 21.9 Å². The molecule has 1 saturated heterocycles. The summed E-state index contributed by atoms with van der Waals surface area (Å²) in [5, 5.41) is 12.4. The average Bonchev–Trinajstić information content (AvgIpc) is 2.88. The molecule has 34 heavy (non-hydrogen) atoms. The fraction of sp³-hybridized carbons (Fsp3) is 0.267. The van der Waals surface area contributed by atoms with E-state index < -0.39 is 0 Å². The second-order valence-corrected chi connectivity index (χ2v) is 9.76. The van der Waals surface area contributed by atoms with Gasteiger partial charge in [0.1, 0.15) is 12.4 Å². The van der Waals surface area contributed by atoms with E-state index in [1.165, 1.54) is 27.5 Å². The summed E-state index contributed by atoms with van der Waals surface area (Å²) in [5.41, 5.74) is 6.01. The van der Waals surface area contributed by atoms with Gasteiger partial charge < -0.3 is 14.6 Å². The lowest BCUT2D eigenvalue weighted by Crippen LogP contribution is -2.23. The standard InChI is InChI=1S/C30H30O3S/c1-34-20-22-15-25-17-27(10-11-28(25)29(16-22)23-7-3-2-4-8-23)33-19-21-6-5-9-24(14-21)30-18-26(31)12-13-32-30/h2-11,14-17,26,30-31H,12-13,18-20H2,1H3. The number of aliphatic hydroxyl groups is 1. The first-order valence-corrected chi connectivity index (χ1v) is 13.2. The van der Waals surface area contributed by atoms with Crippen molar-refractivity contribution in [1.29, 1.82) is 0 Å². The molecule has 0 aromatic heterocycles. The van der Waals surface area contributed by atoms with Crippen LogP contribution >= 0.6 is 11.8 Å². The largest absolute Gasteiger partial charge is 0.489 e. The lowest BCUT2D eigenvalue weighted by atomic mass is 9.96. The van der Waals surface area contributed by atoms with Crippen molar-refractivity contribution in [3.63, 3.8) is 0 Å². The van der Waals surface area contributed by atoms with Crippen molar-refractivity contribution >= 4 is 22.5 Å². The molecule has 4 aromatic rings. The topological polar surface area (TPSA) is 38.7 Å². The molecule has 0 bridgehead atoms. The Hall–Kier alpha value is -2.79. The lowest BCUT2D eigenvalue weighted by Gasteiger charge is -2.27. The van der Waals surface area contributed by atoms with Crippen LogP contribution in [0, 0.1) is 0 Å². The van der Waals surface area contributed by atoms with Crippen molar-refractivity contribution in [3.8, 4) is 16.9 Å². The van der Waals surface area contributed by atoms with Gasteiger partial charge in [-0.25, -0.2) is 0 Å². The molecule has 0 radical (unpaired) electrons. The minimum absolute atomic E-state index is 0.0457. The van der Waals surface area contributed by atoms with Crippen LogP contribution in [0.5, 0.6) is 5.75 Å². The van der Waals surface area contributed by atoms with E-state index in [1.807, 2.05) is 17.8 Å². The van der Waals surface area contributed by atoms with Gasteiger partial charge in [0, 0.05) is 18.8 Å². The van der Waals surface area contributed by atoms with Crippen molar-refractivity contribution in [3.05, 3.63) is 102 Å². The summed E-state index contributed by atoms with van der Waals surface area (Å²) in [6.07, 6.45) is 3.17. The number of fused-ring (bicyclic) bond motifs is 1. The molecule has 0 amide bonds. The highest BCUT2D eigenvalue weighted by Crippen LogP contribution is 2.34. The Morgan fingerprint density at radius 3 is 2.65 bits per heavy atom. The van der Waals surface area contributed by atoms with E-state index in [1.54, 1.807) is 0 Å². The fourth-order valence-electron chi connectivity index (χ4n) is 4.67. The quantitative estimate of drug-likeness (QED) is 0.311. The van der Waals surface area contributed by atoms with Gasteiger partial charge in [0.05, 0.1) is 12.2 Å². The Kier molecular flexibility index (Phi) is 7.19. The second kappa shape index (κ2) is 10.6. The molecule has 2 atom stereocenters. The molecule has 5 rings (SSSR count). The minimum Gasteiger partial charge on any atom is -0.489 e. The minimum atomic E-state index is -0.284. The first-order valence-electron chi connectivity index (χ1n) is 11.8. The first kappa shape index (κ1) is 23.0. The Labute approximate surface area is 205 Å². The summed E-state index contributed by atoms with van der Waals surface area (Å²) in [7, 11) is 0. The maximum atomic E-state index is 9.99. The third-order valence-electron chi connectivity index (χ3n) is 6.36. The number of benzene rings is 4. The Balaban J connectivity index is 1.38. The number of thioether (sulfide) groups is 1. The monoisotopic (exact) mass is 470 g/mol. The summed E-state index contributed by atoms with van der Waals surface area (Å²) >= 11 is 1.83. The maximum Gasteiger partial charge on any atom is 0.120 e. The van der Waals surface area contributed by atoms with Gasteiger partial charge in [0.2, 0.25) is 0 Å². The van der Waals surface area contributed by atoms with Crippen molar-refractivity contribution in [2.75, 3.05) is 12.9 Å². The van der Waals surface area contributed by atoms with Crippen LogP contribution in [0.4, 0.5) is 0 Å². The highest BCUT2D eigenvalue weighted by atomic mass is 32.2. The third kappa shape index (κ3) is 5.30. The third-order valence-corrected chi connectivity index (χ3v) is 6.99. The molecule has 2 unspecified atom stereocenters. The lowest BCUT2D eigenvalue weighted by molar-refractivity contribution is -0.0448. The maximum absolute atomic E-state index is 9.99. The number of hydrogen-bond acceptors (Lipinski definition) is 4. The van der Waals surface area contributed by atoms with Gasteiger partial charge in [-0.15, -0.1) is 0 Å². The van der Waals surface area contributed by atoms with Gasteiger partial charge in [0.15, 0.2) is 0 Å². The molecule has 1 aliphatic heterocycles. The predicted octanol–water partition coefficient (Wildman–Crippen LogP) is 7.16. The smallest absolute Gasteiger partial charge is 0.120 e. The molecule has 4 heteroatoms. The Bertz CT molecular complexity index is 1250. The SMILES string of the molecule is CSCc1cc(-c2ccccc2)c2ccc(OCc3cccc(C4CC(O)CCO4)c3)cc2c1. The Morgan fingerprint density at radius 1 is 0.941 bits per heavy atom. The molecule has 3 nitrogen and oxygen atoms in total. The zero-order valence-corrected chi connectivity index (χ0v) is 20.3. The zero-order chi connectivity index (χ0) is 23.3. The van der Waals surface area contributed by atoms with Crippen LogP contribution in [-0.4, -0.2) is 24.1 Å². The van der Waals surface area contributed by atoms with Crippen molar-refractivity contribution in [2.45, 2.75) is 37.4 Å². The van der Waals surface area contributed by atoms with E-state index in [0.717, 1.165) is 22.6 Å². The first-order chi connectivity index (χ1) is 16.7. The van der Waals surface area contributed by atoms with Gasteiger partial charge in [-0.1, -0.05) is 60.7 Å². The van der Waals surface area contributed by atoms with Crippen molar-refractivity contribution in [2.24, 2.45) is 0 Å². The summed E-state index contributed by atoms with van der Waals surface area (Å²) in [4.78, 5) is 0. The second-order valence-electron chi connectivity index (χ2n) is 8.90. The molecular formula is C30H30O3S. The van der Waals surface area contributed by atoms with E-state index >= 15 is 0 Å². The fourth-order valence-corrected chi connectivity index (χ4v) is 5.17. The van der Waals surface area contributed by atoms with E-state index in [4.69, 9.17) is 9.47 Å². The summed E-state index contributed by atoms with van der Waals surface area (Å²) in [5.74, 6) is 1.84. The number of aliphatic hydroxyl groups excluding tert-OH is 1. The van der Waals surface area contributed by atoms with Gasteiger partial charge in [0.25, 0.3) is 0 Å². The highest BCUT2D eigenvalue weighted by molar-refractivity contribution is 7.97. The summed E-state index contributed by atoms with van der Waals surface area (Å²) in [6, 6.07) is 29.9. The highest BCUT2D eigenvalue weighted by Gasteiger charge is 2.22. The molecule has 0 spiro atoms. The van der Waals surface area contributed by atoms with Crippen LogP contribution in [0.15, 0.2) is 84.9 Å². The van der Waals surface area contributed by atoms with E-state index in [2.05, 4.69) is 85.1 Å². The normalized spacial score (nSPS) is 18.2. The summed E-state index contributed by atoms with van der Waals surface area (Å²) < 4.78 is 12.1. The molecule has 1 fully saturated rings. The van der Waals surface area contributed by atoms with E-state index in [-0.39, 0.29) is 12.2 Å². The molecule has 4 aromatic carbocycles. The van der Waals surface area contributed by atoms with Gasteiger partial charge in [-0.05, 0) is 75.5 Å². The zero-order valence-electron chi connectivity index (χ0n) is 19.4. The molecule has 0 aliphatic carbocycles. The van der Waals surface area contributed by atoms with Crippen molar-refractivity contribution in [1.82, 2.24) is 0 Å².